The smallest absolute Gasteiger partial charge is 0.244 e. The Balaban J connectivity index is 1.91. The average molecular weight is 395 g/mol. The first-order chi connectivity index (χ1) is 12.8. The van der Waals surface area contributed by atoms with Crippen molar-refractivity contribution in [1.82, 2.24) is 15.5 Å². The second kappa shape index (κ2) is 9.73. The number of carbonyl (C=O) groups is 1. The number of aliphatic imine (C=N–C) groups is 1. The van der Waals surface area contributed by atoms with E-state index in [1.54, 1.807) is 0 Å². The van der Waals surface area contributed by atoms with E-state index in [0.29, 0.717) is 32.0 Å². The first-order valence-corrected chi connectivity index (χ1v) is 11.4. The van der Waals surface area contributed by atoms with Crippen LogP contribution in [0.25, 0.3) is 0 Å². The van der Waals surface area contributed by atoms with E-state index in [9.17, 15) is 13.2 Å². The predicted octanol–water partition coefficient (Wildman–Crippen LogP) is 0.950. The summed E-state index contributed by atoms with van der Waals surface area (Å²) >= 11 is 0. The van der Waals surface area contributed by atoms with Gasteiger partial charge in [-0.25, -0.2) is 13.4 Å². The third kappa shape index (κ3) is 7.21. The van der Waals surface area contributed by atoms with Crippen LogP contribution >= 0.6 is 0 Å². The van der Waals surface area contributed by atoms with Crippen LogP contribution in [0.1, 0.15) is 31.4 Å². The zero-order valence-electron chi connectivity index (χ0n) is 16.4. The lowest BCUT2D eigenvalue weighted by molar-refractivity contribution is -0.130. The Labute approximate surface area is 162 Å². The third-order valence-corrected chi connectivity index (χ3v) is 5.48. The number of amides is 1. The molecule has 0 aliphatic carbocycles. The minimum Gasteiger partial charge on any atom is -0.357 e. The first kappa shape index (κ1) is 21.2. The van der Waals surface area contributed by atoms with Gasteiger partial charge in [0.25, 0.3) is 0 Å². The minimum atomic E-state index is -2.99. The molecule has 0 spiro atoms. The Morgan fingerprint density at radius 1 is 1.30 bits per heavy atom. The molecule has 1 aromatic carbocycles. The third-order valence-electron chi connectivity index (χ3n) is 4.50. The fourth-order valence-electron chi connectivity index (χ4n) is 2.97. The molecule has 0 bridgehead atoms. The van der Waals surface area contributed by atoms with Gasteiger partial charge in [-0.1, -0.05) is 24.3 Å². The lowest BCUT2D eigenvalue weighted by atomic mass is 10.00. The molecule has 1 aliphatic rings. The Kier molecular flexibility index (Phi) is 7.65. The van der Waals surface area contributed by atoms with Crippen LogP contribution < -0.4 is 10.6 Å². The first-order valence-electron chi connectivity index (χ1n) is 9.35. The van der Waals surface area contributed by atoms with Crippen molar-refractivity contribution >= 4 is 21.7 Å². The van der Waals surface area contributed by atoms with Crippen molar-refractivity contribution in [2.75, 3.05) is 31.6 Å². The van der Waals surface area contributed by atoms with Crippen LogP contribution in [0.2, 0.25) is 0 Å². The van der Waals surface area contributed by atoms with Gasteiger partial charge in [0.2, 0.25) is 5.91 Å². The molecule has 27 heavy (non-hydrogen) atoms. The van der Waals surface area contributed by atoms with Gasteiger partial charge < -0.3 is 15.5 Å². The van der Waals surface area contributed by atoms with E-state index in [0.717, 1.165) is 6.42 Å². The summed E-state index contributed by atoms with van der Waals surface area (Å²) < 4.78 is 22.6. The lowest BCUT2D eigenvalue weighted by Gasteiger charge is -2.28. The average Bonchev–Trinajstić information content (AvgIpc) is 2.63. The molecule has 1 amide bonds. The molecular weight excluding hydrogens is 364 g/mol. The Bertz CT molecular complexity index is 777. The van der Waals surface area contributed by atoms with Crippen molar-refractivity contribution in [3.63, 3.8) is 0 Å². The molecule has 1 heterocycles. The second-order valence-electron chi connectivity index (χ2n) is 6.99. The summed E-state index contributed by atoms with van der Waals surface area (Å²) in [6.07, 6.45) is 2.58. The van der Waals surface area contributed by atoms with Gasteiger partial charge in [0, 0.05) is 31.9 Å². The molecular formula is C19H30N4O3S. The molecule has 7 nitrogen and oxygen atoms in total. The molecule has 1 unspecified atom stereocenters. The molecule has 8 heteroatoms. The number of rotatable bonds is 7. The quantitative estimate of drug-likeness (QED) is 0.531. The van der Waals surface area contributed by atoms with Crippen LogP contribution in [0, 0.1) is 0 Å². The van der Waals surface area contributed by atoms with Crippen molar-refractivity contribution in [2.24, 2.45) is 4.99 Å². The summed E-state index contributed by atoms with van der Waals surface area (Å²) in [5, 5.41) is 6.27. The van der Waals surface area contributed by atoms with Crippen molar-refractivity contribution < 1.29 is 13.2 Å². The molecule has 2 N–H and O–H groups in total. The zero-order chi connectivity index (χ0) is 19.9. The van der Waals surface area contributed by atoms with E-state index in [2.05, 4.69) is 27.8 Å². The molecule has 0 saturated heterocycles. The maximum Gasteiger partial charge on any atom is 0.244 e. The van der Waals surface area contributed by atoms with E-state index >= 15 is 0 Å². The fraction of sp³-hybridized carbons (Fsp3) is 0.579. The van der Waals surface area contributed by atoms with Crippen molar-refractivity contribution in [2.45, 2.75) is 39.3 Å². The number of sulfone groups is 1. The number of carbonyl (C=O) groups excluding carboxylic acids is 1. The zero-order valence-corrected chi connectivity index (χ0v) is 17.2. The fourth-order valence-corrected chi connectivity index (χ4v) is 3.75. The van der Waals surface area contributed by atoms with Crippen LogP contribution in [-0.2, 0) is 27.6 Å². The Morgan fingerprint density at radius 2 is 2.00 bits per heavy atom. The van der Waals surface area contributed by atoms with Crippen LogP contribution in [0.5, 0.6) is 0 Å². The van der Waals surface area contributed by atoms with E-state index in [-0.39, 0.29) is 24.2 Å². The molecule has 0 radical (unpaired) electrons. The van der Waals surface area contributed by atoms with Crippen molar-refractivity contribution in [1.29, 1.82) is 0 Å². The number of hydrogen-bond donors (Lipinski definition) is 2. The molecule has 1 aromatic rings. The van der Waals surface area contributed by atoms with Gasteiger partial charge in [0.05, 0.1) is 5.75 Å². The van der Waals surface area contributed by atoms with E-state index in [4.69, 9.17) is 0 Å². The number of benzene rings is 1. The molecule has 150 valence electrons. The summed E-state index contributed by atoms with van der Waals surface area (Å²) in [6.45, 7) is 5.91. The number of hydrogen-bond acceptors (Lipinski definition) is 4. The summed E-state index contributed by atoms with van der Waals surface area (Å²) in [4.78, 5) is 18.8. The molecule has 1 aliphatic heterocycles. The van der Waals surface area contributed by atoms with Crippen molar-refractivity contribution in [3.8, 4) is 0 Å². The van der Waals surface area contributed by atoms with Crippen LogP contribution in [-0.4, -0.2) is 62.9 Å². The molecule has 0 saturated carbocycles. The van der Waals surface area contributed by atoms with Gasteiger partial charge in [-0.05, 0) is 37.8 Å². The van der Waals surface area contributed by atoms with Crippen molar-refractivity contribution in [3.05, 3.63) is 35.4 Å². The van der Waals surface area contributed by atoms with Gasteiger partial charge in [-0.3, -0.25) is 4.79 Å². The van der Waals surface area contributed by atoms with Crippen LogP contribution in [0.3, 0.4) is 0 Å². The standard InChI is InChI=1S/C19H30N4O3S/c1-4-20-19(22-15(2)10-12-27(3,25)26)21-13-18(24)23-11-9-16-7-5-6-8-17(16)14-23/h5-8,15H,4,9-14H2,1-3H3,(H2,20,21,22). The maximum atomic E-state index is 12.5. The Morgan fingerprint density at radius 3 is 2.67 bits per heavy atom. The number of fused-ring (bicyclic) bond motifs is 1. The summed E-state index contributed by atoms with van der Waals surface area (Å²) in [5.74, 6) is 0.641. The molecule has 1 atom stereocenters. The van der Waals surface area contributed by atoms with E-state index < -0.39 is 9.84 Å². The molecule has 2 rings (SSSR count). The van der Waals surface area contributed by atoms with Crippen LogP contribution in [0.4, 0.5) is 0 Å². The van der Waals surface area contributed by atoms with Crippen LogP contribution in [0.15, 0.2) is 29.3 Å². The number of nitrogens with one attached hydrogen (secondary N) is 2. The Hall–Kier alpha value is -2.09. The van der Waals surface area contributed by atoms with Gasteiger partial charge in [-0.2, -0.15) is 0 Å². The second-order valence-corrected chi connectivity index (χ2v) is 9.25. The molecule has 0 aromatic heterocycles. The maximum absolute atomic E-state index is 12.5. The topological polar surface area (TPSA) is 90.9 Å². The predicted molar refractivity (Wildman–Crippen MR) is 108 cm³/mol. The van der Waals surface area contributed by atoms with E-state index in [1.807, 2.05) is 30.9 Å². The largest absolute Gasteiger partial charge is 0.357 e. The van der Waals surface area contributed by atoms with Gasteiger partial charge in [-0.15, -0.1) is 0 Å². The molecule has 0 fully saturated rings. The number of nitrogens with zero attached hydrogens (tertiary/aromatic N) is 2. The van der Waals surface area contributed by atoms with Gasteiger partial charge >= 0.3 is 0 Å². The summed E-state index contributed by atoms with van der Waals surface area (Å²) in [5.41, 5.74) is 2.50. The summed E-state index contributed by atoms with van der Waals surface area (Å²) in [7, 11) is -2.99. The highest BCUT2D eigenvalue weighted by molar-refractivity contribution is 7.90. The summed E-state index contributed by atoms with van der Waals surface area (Å²) in [6, 6.07) is 8.14. The highest BCUT2D eigenvalue weighted by Gasteiger charge is 2.20. The van der Waals surface area contributed by atoms with E-state index in [1.165, 1.54) is 17.4 Å². The minimum absolute atomic E-state index is 0.00880. The highest BCUT2D eigenvalue weighted by atomic mass is 32.2. The van der Waals surface area contributed by atoms with Gasteiger partial charge in [0.15, 0.2) is 5.96 Å². The number of guanidine groups is 1. The SMILES string of the molecule is CCNC(=NCC(=O)N1CCc2ccccc2C1)NC(C)CCS(C)(=O)=O. The monoisotopic (exact) mass is 394 g/mol. The van der Waals surface area contributed by atoms with Gasteiger partial charge in [0.1, 0.15) is 16.4 Å². The lowest BCUT2D eigenvalue weighted by Crippen LogP contribution is -2.44. The normalized spacial score (nSPS) is 15.8. The highest BCUT2D eigenvalue weighted by Crippen LogP contribution is 2.18.